The fourth-order valence-electron chi connectivity index (χ4n) is 2.48. The average molecular weight is 270 g/mol. The Bertz CT molecular complexity index is 252. The molecule has 1 fully saturated rings. The quantitative estimate of drug-likeness (QED) is 0.831. The van der Waals surface area contributed by atoms with E-state index in [0.29, 0.717) is 6.04 Å². The molecule has 114 valence electrons. The molecule has 1 saturated heterocycles. The molecule has 0 saturated carbocycles. The largest absolute Gasteiger partial charge is 0.375 e. The smallest absolute Gasteiger partial charge is 0.0600 e. The maximum absolute atomic E-state index is 5.86. The molecule has 1 rings (SSSR count). The Hall–Kier alpha value is -0.120. The highest BCUT2D eigenvalue weighted by Gasteiger charge is 2.24. The van der Waals surface area contributed by atoms with Crippen molar-refractivity contribution < 1.29 is 4.74 Å². The van der Waals surface area contributed by atoms with E-state index >= 15 is 0 Å². The molecule has 1 N–H and O–H groups in total. The van der Waals surface area contributed by atoms with Crippen molar-refractivity contribution in [1.29, 1.82) is 0 Å². The molecule has 1 heterocycles. The summed E-state index contributed by atoms with van der Waals surface area (Å²) in [7, 11) is 0. The van der Waals surface area contributed by atoms with E-state index in [1.54, 1.807) is 0 Å². The molecule has 0 aromatic heterocycles. The molecule has 0 aromatic carbocycles. The van der Waals surface area contributed by atoms with Crippen molar-refractivity contribution in [3.63, 3.8) is 0 Å². The van der Waals surface area contributed by atoms with Crippen LogP contribution in [0.5, 0.6) is 0 Å². The first-order chi connectivity index (χ1) is 8.67. The van der Waals surface area contributed by atoms with E-state index in [1.807, 2.05) is 0 Å². The fraction of sp³-hybridized carbons (Fsp3) is 1.00. The summed E-state index contributed by atoms with van der Waals surface area (Å²) in [6.45, 7) is 17.3. The summed E-state index contributed by atoms with van der Waals surface area (Å²) in [4.78, 5) is 2.61. The van der Waals surface area contributed by atoms with Crippen LogP contribution in [-0.2, 0) is 4.74 Å². The van der Waals surface area contributed by atoms with Gasteiger partial charge in [0.1, 0.15) is 0 Å². The Balaban J connectivity index is 2.35. The van der Waals surface area contributed by atoms with Gasteiger partial charge in [-0.25, -0.2) is 0 Å². The molecule has 19 heavy (non-hydrogen) atoms. The van der Waals surface area contributed by atoms with Gasteiger partial charge in [-0.15, -0.1) is 0 Å². The van der Waals surface area contributed by atoms with Crippen LogP contribution in [0.2, 0.25) is 0 Å². The van der Waals surface area contributed by atoms with E-state index < -0.39 is 0 Å². The van der Waals surface area contributed by atoms with E-state index in [2.05, 4.69) is 51.8 Å². The normalized spacial score (nSPS) is 22.7. The number of likely N-dealkylation sites (tertiary alicyclic amines) is 1. The van der Waals surface area contributed by atoms with E-state index in [9.17, 15) is 0 Å². The lowest BCUT2D eigenvalue weighted by molar-refractivity contribution is -0.0212. The van der Waals surface area contributed by atoms with Crippen LogP contribution >= 0.6 is 0 Å². The number of piperidine rings is 1. The van der Waals surface area contributed by atoms with Crippen molar-refractivity contribution in [2.75, 3.05) is 26.2 Å². The first kappa shape index (κ1) is 16.9. The SMILES string of the molecule is CC(C)(C)NCC1CCCCN1CCOC(C)(C)C. The van der Waals surface area contributed by atoms with E-state index in [1.165, 1.54) is 25.8 Å². The third kappa shape index (κ3) is 7.91. The summed E-state index contributed by atoms with van der Waals surface area (Å²) in [6.07, 6.45) is 4.02. The Labute approximate surface area is 120 Å². The molecular weight excluding hydrogens is 236 g/mol. The second-order valence-electron chi connectivity index (χ2n) is 7.78. The number of hydrogen-bond donors (Lipinski definition) is 1. The lowest BCUT2D eigenvalue weighted by Gasteiger charge is -2.38. The number of nitrogens with zero attached hydrogens (tertiary/aromatic N) is 1. The molecule has 0 aromatic rings. The number of ether oxygens (including phenoxy) is 1. The van der Waals surface area contributed by atoms with Crippen LogP contribution in [0.15, 0.2) is 0 Å². The van der Waals surface area contributed by atoms with Crippen LogP contribution in [0.1, 0.15) is 60.8 Å². The summed E-state index contributed by atoms with van der Waals surface area (Å²) < 4.78 is 5.86. The lowest BCUT2D eigenvalue weighted by Crippen LogP contribution is -2.50. The summed E-state index contributed by atoms with van der Waals surface area (Å²) in [5.41, 5.74) is 0.194. The molecule has 0 radical (unpaired) electrons. The maximum atomic E-state index is 5.86. The highest BCUT2D eigenvalue weighted by Crippen LogP contribution is 2.17. The van der Waals surface area contributed by atoms with Crippen molar-refractivity contribution in [2.24, 2.45) is 0 Å². The molecular formula is C16H34N2O. The summed E-state index contributed by atoms with van der Waals surface area (Å²) in [5, 5.41) is 3.65. The lowest BCUT2D eigenvalue weighted by atomic mass is 10.0. The van der Waals surface area contributed by atoms with Crippen molar-refractivity contribution >= 4 is 0 Å². The zero-order chi connectivity index (χ0) is 14.5. The predicted molar refractivity (Wildman–Crippen MR) is 82.7 cm³/mol. The van der Waals surface area contributed by atoms with Gasteiger partial charge in [-0.3, -0.25) is 4.90 Å². The molecule has 1 aliphatic rings. The molecule has 3 heteroatoms. The number of hydrogen-bond acceptors (Lipinski definition) is 3. The second kappa shape index (κ2) is 7.05. The molecule has 0 amide bonds. The van der Waals surface area contributed by atoms with Crippen molar-refractivity contribution in [1.82, 2.24) is 10.2 Å². The Morgan fingerprint density at radius 2 is 1.79 bits per heavy atom. The third-order valence-electron chi connectivity index (χ3n) is 3.53. The van der Waals surface area contributed by atoms with E-state index in [0.717, 1.165) is 19.7 Å². The monoisotopic (exact) mass is 270 g/mol. The minimum Gasteiger partial charge on any atom is -0.375 e. The van der Waals surface area contributed by atoms with Crippen molar-refractivity contribution in [3.05, 3.63) is 0 Å². The topological polar surface area (TPSA) is 24.5 Å². The Morgan fingerprint density at radius 3 is 2.37 bits per heavy atom. The summed E-state index contributed by atoms with van der Waals surface area (Å²) >= 11 is 0. The van der Waals surface area contributed by atoms with Gasteiger partial charge in [-0.1, -0.05) is 6.42 Å². The highest BCUT2D eigenvalue weighted by molar-refractivity contribution is 4.82. The van der Waals surface area contributed by atoms with E-state index in [4.69, 9.17) is 4.74 Å². The first-order valence-electron chi connectivity index (χ1n) is 7.80. The first-order valence-corrected chi connectivity index (χ1v) is 7.80. The number of rotatable bonds is 5. The minimum atomic E-state index is -0.0189. The molecule has 1 atom stereocenters. The Morgan fingerprint density at radius 1 is 1.11 bits per heavy atom. The van der Waals surface area contributed by atoms with Gasteiger partial charge in [0.25, 0.3) is 0 Å². The van der Waals surface area contributed by atoms with Crippen LogP contribution in [-0.4, -0.2) is 48.3 Å². The van der Waals surface area contributed by atoms with Crippen LogP contribution in [0.25, 0.3) is 0 Å². The molecule has 0 bridgehead atoms. The van der Waals surface area contributed by atoms with Gasteiger partial charge in [0.15, 0.2) is 0 Å². The third-order valence-corrected chi connectivity index (χ3v) is 3.53. The molecule has 1 aliphatic heterocycles. The molecule has 1 unspecified atom stereocenters. The average Bonchev–Trinajstić information content (AvgIpc) is 2.25. The van der Waals surface area contributed by atoms with Crippen LogP contribution < -0.4 is 5.32 Å². The minimum absolute atomic E-state index is 0.0189. The highest BCUT2D eigenvalue weighted by atomic mass is 16.5. The van der Waals surface area contributed by atoms with Crippen LogP contribution in [0, 0.1) is 0 Å². The zero-order valence-corrected chi connectivity index (χ0v) is 13.9. The van der Waals surface area contributed by atoms with Crippen LogP contribution in [0.3, 0.4) is 0 Å². The fourth-order valence-corrected chi connectivity index (χ4v) is 2.48. The zero-order valence-electron chi connectivity index (χ0n) is 13.9. The van der Waals surface area contributed by atoms with Crippen molar-refractivity contribution in [3.8, 4) is 0 Å². The Kier molecular flexibility index (Phi) is 6.28. The molecule has 3 nitrogen and oxygen atoms in total. The number of nitrogens with one attached hydrogen (secondary N) is 1. The van der Waals surface area contributed by atoms with Gasteiger partial charge in [0.05, 0.1) is 12.2 Å². The standard InChI is InChI=1S/C16H34N2O/c1-15(2,3)17-13-14-9-7-8-10-18(14)11-12-19-16(4,5)6/h14,17H,7-13H2,1-6H3. The van der Waals surface area contributed by atoms with Gasteiger partial charge in [0, 0.05) is 24.7 Å². The van der Waals surface area contributed by atoms with Crippen molar-refractivity contribution in [2.45, 2.75) is 78.0 Å². The summed E-state index contributed by atoms with van der Waals surface area (Å²) in [6, 6.07) is 0.677. The molecule has 0 aliphatic carbocycles. The van der Waals surface area contributed by atoms with Gasteiger partial charge >= 0.3 is 0 Å². The molecule has 0 spiro atoms. The van der Waals surface area contributed by atoms with Gasteiger partial charge in [-0.05, 0) is 60.9 Å². The maximum Gasteiger partial charge on any atom is 0.0600 e. The van der Waals surface area contributed by atoms with Gasteiger partial charge in [-0.2, -0.15) is 0 Å². The van der Waals surface area contributed by atoms with E-state index in [-0.39, 0.29) is 11.1 Å². The van der Waals surface area contributed by atoms with Crippen LogP contribution in [0.4, 0.5) is 0 Å². The predicted octanol–water partition coefficient (Wildman–Crippen LogP) is 3.04. The summed E-state index contributed by atoms with van der Waals surface area (Å²) in [5.74, 6) is 0. The second-order valence-corrected chi connectivity index (χ2v) is 7.78. The van der Waals surface area contributed by atoms with Gasteiger partial charge in [0.2, 0.25) is 0 Å². The van der Waals surface area contributed by atoms with Gasteiger partial charge < -0.3 is 10.1 Å².